The first-order chi connectivity index (χ1) is 15.0. The van der Waals surface area contributed by atoms with Crippen LogP contribution >= 0.6 is 23.4 Å². The third-order valence-electron chi connectivity index (χ3n) is 6.40. The molecule has 2 aromatic rings. The largest absolute Gasteiger partial charge is 0.337 e. The van der Waals surface area contributed by atoms with Gasteiger partial charge in [-0.1, -0.05) is 67.6 Å². The zero-order chi connectivity index (χ0) is 21.8. The monoisotopic (exact) mass is 457 g/mol. The first kappa shape index (κ1) is 22.2. The molecule has 2 aliphatic carbocycles. The minimum Gasteiger partial charge on any atom is -0.337 e. The number of benzene rings is 1. The smallest absolute Gasteiger partial charge is 0.234 e. The van der Waals surface area contributed by atoms with E-state index < -0.39 is 5.54 Å². The fourth-order valence-corrected chi connectivity index (χ4v) is 5.78. The van der Waals surface area contributed by atoms with Crippen LogP contribution in [-0.4, -0.2) is 31.5 Å². The van der Waals surface area contributed by atoms with Crippen LogP contribution in [0, 0.1) is 11.3 Å². The fraction of sp³-hybridized carbons (Fsp3) is 0.565. The van der Waals surface area contributed by atoms with Gasteiger partial charge in [0, 0.05) is 11.6 Å². The standard InChI is InChI=1S/C23H28ClN5OS/c1-16(21(30)26-23(15-25)13-7-2-8-14-23)31-22-28-27-20(18-11-5-6-12-19(18)24)29(22)17-9-3-4-10-17/h5-6,11-12,16-17H,2-4,7-10,13-14H2,1H3,(H,26,30). The maximum Gasteiger partial charge on any atom is 0.234 e. The van der Waals surface area contributed by atoms with Crippen LogP contribution in [0.15, 0.2) is 29.4 Å². The average molecular weight is 458 g/mol. The topological polar surface area (TPSA) is 83.6 Å². The molecule has 1 atom stereocenters. The van der Waals surface area contributed by atoms with Gasteiger partial charge in [-0.25, -0.2) is 0 Å². The number of amides is 1. The van der Waals surface area contributed by atoms with Crippen LogP contribution in [-0.2, 0) is 4.79 Å². The number of nitriles is 1. The van der Waals surface area contributed by atoms with Gasteiger partial charge in [-0.15, -0.1) is 10.2 Å². The van der Waals surface area contributed by atoms with Gasteiger partial charge in [-0.3, -0.25) is 9.36 Å². The Morgan fingerprint density at radius 2 is 1.94 bits per heavy atom. The number of hydrogen-bond acceptors (Lipinski definition) is 5. The minimum atomic E-state index is -0.730. The lowest BCUT2D eigenvalue weighted by Gasteiger charge is -2.32. The van der Waals surface area contributed by atoms with E-state index in [2.05, 4.69) is 26.2 Å². The van der Waals surface area contributed by atoms with Crippen molar-refractivity contribution >= 4 is 29.3 Å². The van der Waals surface area contributed by atoms with E-state index in [1.807, 2.05) is 31.2 Å². The molecule has 4 rings (SSSR count). The Kier molecular flexibility index (Phi) is 6.88. The molecule has 8 heteroatoms. The van der Waals surface area contributed by atoms with Crippen LogP contribution in [0.3, 0.4) is 0 Å². The molecular formula is C23H28ClN5OS. The van der Waals surface area contributed by atoms with Crippen molar-refractivity contribution in [1.29, 1.82) is 5.26 Å². The van der Waals surface area contributed by atoms with Crippen molar-refractivity contribution in [3.63, 3.8) is 0 Å². The van der Waals surface area contributed by atoms with Crippen LogP contribution in [0.25, 0.3) is 11.4 Å². The molecule has 0 spiro atoms. The van der Waals surface area contributed by atoms with E-state index in [4.69, 9.17) is 11.6 Å². The Morgan fingerprint density at radius 3 is 2.61 bits per heavy atom. The molecule has 2 fully saturated rings. The molecule has 1 aromatic carbocycles. The van der Waals surface area contributed by atoms with Crippen molar-refractivity contribution in [3.8, 4) is 17.5 Å². The summed E-state index contributed by atoms with van der Waals surface area (Å²) in [5.74, 6) is 0.641. The van der Waals surface area contributed by atoms with Gasteiger partial charge in [0.05, 0.1) is 16.3 Å². The number of thioether (sulfide) groups is 1. The highest BCUT2D eigenvalue weighted by Gasteiger charge is 2.35. The third kappa shape index (κ3) is 4.75. The van der Waals surface area contributed by atoms with Crippen LogP contribution in [0.1, 0.15) is 70.8 Å². The molecule has 0 bridgehead atoms. The molecular weight excluding hydrogens is 430 g/mol. The van der Waals surface area contributed by atoms with E-state index >= 15 is 0 Å². The minimum absolute atomic E-state index is 0.117. The van der Waals surface area contributed by atoms with Crippen molar-refractivity contribution in [2.24, 2.45) is 0 Å². The highest BCUT2D eigenvalue weighted by atomic mass is 35.5. The predicted octanol–water partition coefficient (Wildman–Crippen LogP) is 5.54. The second-order valence-corrected chi connectivity index (χ2v) is 10.3. The molecule has 2 aliphatic rings. The Morgan fingerprint density at radius 1 is 1.23 bits per heavy atom. The zero-order valence-corrected chi connectivity index (χ0v) is 19.4. The SMILES string of the molecule is CC(Sc1nnc(-c2ccccc2Cl)n1C1CCCC1)C(=O)NC1(C#N)CCCCC1. The molecule has 1 unspecified atom stereocenters. The number of hydrogen-bond donors (Lipinski definition) is 1. The third-order valence-corrected chi connectivity index (χ3v) is 7.79. The highest BCUT2D eigenvalue weighted by molar-refractivity contribution is 8.00. The van der Waals surface area contributed by atoms with Crippen LogP contribution in [0.4, 0.5) is 0 Å². The molecule has 1 heterocycles. The van der Waals surface area contributed by atoms with Crippen molar-refractivity contribution in [3.05, 3.63) is 29.3 Å². The first-order valence-electron chi connectivity index (χ1n) is 11.1. The number of rotatable bonds is 6. The number of nitrogens with zero attached hydrogens (tertiary/aromatic N) is 4. The summed E-state index contributed by atoms with van der Waals surface area (Å²) >= 11 is 7.87. The van der Waals surface area contributed by atoms with Gasteiger partial charge in [-0.05, 0) is 44.7 Å². The summed E-state index contributed by atoms with van der Waals surface area (Å²) in [6.45, 7) is 1.87. The van der Waals surface area contributed by atoms with Crippen molar-refractivity contribution in [1.82, 2.24) is 20.1 Å². The number of aromatic nitrogens is 3. The number of halogens is 1. The molecule has 0 aliphatic heterocycles. The first-order valence-corrected chi connectivity index (χ1v) is 12.4. The van der Waals surface area contributed by atoms with E-state index in [1.165, 1.54) is 24.6 Å². The van der Waals surface area contributed by atoms with Crippen LogP contribution < -0.4 is 5.32 Å². The molecule has 2 saturated carbocycles. The Balaban J connectivity index is 1.57. The summed E-state index contributed by atoms with van der Waals surface area (Å²) in [6.07, 6.45) is 9.02. The Bertz CT molecular complexity index is 973. The van der Waals surface area contributed by atoms with E-state index in [1.54, 1.807) is 0 Å². The number of carbonyl (C=O) groups is 1. The molecule has 1 amide bonds. The second-order valence-electron chi connectivity index (χ2n) is 8.60. The average Bonchev–Trinajstić information content (AvgIpc) is 3.44. The number of carbonyl (C=O) groups excluding carboxylic acids is 1. The van der Waals surface area contributed by atoms with Crippen LogP contribution in [0.5, 0.6) is 0 Å². The van der Waals surface area contributed by atoms with E-state index in [0.29, 0.717) is 11.1 Å². The summed E-state index contributed by atoms with van der Waals surface area (Å²) in [4.78, 5) is 13.0. The molecule has 0 saturated heterocycles. The molecule has 6 nitrogen and oxygen atoms in total. The lowest BCUT2D eigenvalue weighted by molar-refractivity contribution is -0.121. The lowest BCUT2D eigenvalue weighted by atomic mass is 9.83. The number of nitrogens with one attached hydrogen (secondary N) is 1. The molecule has 1 N–H and O–H groups in total. The lowest BCUT2D eigenvalue weighted by Crippen LogP contribution is -2.51. The van der Waals surface area contributed by atoms with E-state index in [9.17, 15) is 10.1 Å². The molecule has 1 aromatic heterocycles. The van der Waals surface area contributed by atoms with Gasteiger partial charge in [0.25, 0.3) is 0 Å². The predicted molar refractivity (Wildman–Crippen MR) is 123 cm³/mol. The van der Waals surface area contributed by atoms with E-state index in [-0.39, 0.29) is 11.2 Å². The molecule has 31 heavy (non-hydrogen) atoms. The van der Waals surface area contributed by atoms with Gasteiger partial charge in [0.15, 0.2) is 11.0 Å². The summed E-state index contributed by atoms with van der Waals surface area (Å²) in [6, 6.07) is 10.3. The quantitative estimate of drug-likeness (QED) is 0.576. The van der Waals surface area contributed by atoms with Gasteiger partial charge in [0.2, 0.25) is 5.91 Å². The molecule has 164 valence electrons. The van der Waals surface area contributed by atoms with Crippen molar-refractivity contribution in [2.75, 3.05) is 0 Å². The maximum atomic E-state index is 13.0. The molecule has 0 radical (unpaired) electrons. The summed E-state index contributed by atoms with van der Waals surface area (Å²) in [5.41, 5.74) is 0.129. The highest BCUT2D eigenvalue weighted by Crippen LogP contribution is 2.39. The van der Waals surface area contributed by atoms with Gasteiger partial charge in [-0.2, -0.15) is 5.26 Å². The normalized spacial score (nSPS) is 19.6. The van der Waals surface area contributed by atoms with Crippen LogP contribution in [0.2, 0.25) is 5.02 Å². The fourth-order valence-electron chi connectivity index (χ4n) is 4.64. The van der Waals surface area contributed by atoms with Crippen molar-refractivity contribution < 1.29 is 4.79 Å². The van der Waals surface area contributed by atoms with Gasteiger partial charge in [0.1, 0.15) is 5.54 Å². The van der Waals surface area contributed by atoms with E-state index in [0.717, 1.165) is 61.5 Å². The Hall–Kier alpha value is -2.04. The zero-order valence-electron chi connectivity index (χ0n) is 17.8. The summed E-state index contributed by atoms with van der Waals surface area (Å²) in [7, 11) is 0. The van der Waals surface area contributed by atoms with Crippen molar-refractivity contribution in [2.45, 2.75) is 86.7 Å². The van der Waals surface area contributed by atoms with Gasteiger partial charge >= 0.3 is 0 Å². The van der Waals surface area contributed by atoms with Gasteiger partial charge < -0.3 is 5.32 Å². The Labute approximate surface area is 192 Å². The second kappa shape index (κ2) is 9.62. The summed E-state index contributed by atoms with van der Waals surface area (Å²) in [5, 5.41) is 22.7. The maximum absolute atomic E-state index is 13.0. The summed E-state index contributed by atoms with van der Waals surface area (Å²) < 4.78 is 2.17.